The molecule has 5 rings (SSSR count). The Labute approximate surface area is 214 Å². The summed E-state index contributed by atoms with van der Waals surface area (Å²) in [4.78, 5) is 28.1. The molecule has 1 saturated heterocycles. The molecule has 0 bridgehead atoms. The van der Waals surface area contributed by atoms with Crippen LogP contribution in [0.4, 0.5) is 13.2 Å². The Bertz CT molecular complexity index is 1120. The van der Waals surface area contributed by atoms with E-state index in [1.807, 2.05) is 11.8 Å². The van der Waals surface area contributed by atoms with Crippen LogP contribution in [-0.4, -0.2) is 40.4 Å². The molecule has 4 nitrogen and oxygen atoms in total. The lowest BCUT2D eigenvalue weighted by Gasteiger charge is -2.36. The minimum Gasteiger partial charge on any atom is -0.451 e. The lowest BCUT2D eigenvalue weighted by molar-refractivity contribution is -0.149. The zero-order valence-corrected chi connectivity index (χ0v) is 21.4. The van der Waals surface area contributed by atoms with Gasteiger partial charge in [-0.3, -0.25) is 4.79 Å². The van der Waals surface area contributed by atoms with Gasteiger partial charge in [0.1, 0.15) is 5.60 Å². The normalized spacial score (nSPS) is 27.3. The van der Waals surface area contributed by atoms with Crippen LogP contribution in [0.2, 0.25) is 0 Å². The number of rotatable bonds is 2. The van der Waals surface area contributed by atoms with Crippen molar-refractivity contribution in [2.75, 3.05) is 18.1 Å². The van der Waals surface area contributed by atoms with Crippen LogP contribution in [0.1, 0.15) is 68.6 Å². The van der Waals surface area contributed by atoms with E-state index in [-0.39, 0.29) is 12.5 Å². The van der Waals surface area contributed by atoms with Crippen LogP contribution in [-0.2, 0) is 33.5 Å². The summed E-state index contributed by atoms with van der Waals surface area (Å²) in [5.74, 6) is 2.29. The highest BCUT2D eigenvalue weighted by Gasteiger charge is 2.50. The number of alkyl halides is 3. The number of allylic oxidation sites excluding steroid dienone is 2. The Morgan fingerprint density at radius 2 is 2.00 bits per heavy atom. The van der Waals surface area contributed by atoms with Crippen LogP contribution >= 0.6 is 11.8 Å². The van der Waals surface area contributed by atoms with Crippen molar-refractivity contribution in [3.63, 3.8) is 0 Å². The van der Waals surface area contributed by atoms with Crippen LogP contribution in [0.3, 0.4) is 0 Å². The monoisotopic (exact) mass is 519 g/mol. The minimum atomic E-state index is -4.43. The summed E-state index contributed by atoms with van der Waals surface area (Å²) in [5, 5.41) is 0. The van der Waals surface area contributed by atoms with Crippen LogP contribution in [0.15, 0.2) is 41.0 Å². The van der Waals surface area contributed by atoms with Gasteiger partial charge in [0.15, 0.2) is 0 Å². The van der Waals surface area contributed by atoms with Crippen LogP contribution in [0.25, 0.3) is 0 Å². The van der Waals surface area contributed by atoms with Gasteiger partial charge in [-0.05, 0) is 99.0 Å². The van der Waals surface area contributed by atoms with Gasteiger partial charge in [0.2, 0.25) is 0 Å². The summed E-state index contributed by atoms with van der Waals surface area (Å²) in [5.41, 5.74) is 1.93. The number of carbonyl (C=O) groups is 2. The van der Waals surface area contributed by atoms with Gasteiger partial charge in [-0.15, -0.1) is 0 Å². The van der Waals surface area contributed by atoms with Crippen molar-refractivity contribution in [3.05, 3.63) is 57.7 Å². The summed E-state index contributed by atoms with van der Waals surface area (Å²) in [6, 6.07) is 3.76. The van der Waals surface area contributed by atoms with Gasteiger partial charge in [0, 0.05) is 18.7 Å². The molecule has 0 radical (unpaired) electrons. The van der Waals surface area contributed by atoms with Crippen molar-refractivity contribution in [1.82, 2.24) is 4.90 Å². The maximum Gasteiger partial charge on any atom is 0.416 e. The number of benzene rings is 1. The fourth-order valence-corrected chi connectivity index (χ4v) is 7.42. The number of amides is 1. The average molecular weight is 520 g/mol. The highest BCUT2D eigenvalue weighted by molar-refractivity contribution is 7.99. The van der Waals surface area contributed by atoms with Crippen molar-refractivity contribution in [2.45, 2.75) is 76.6 Å². The highest BCUT2D eigenvalue weighted by atomic mass is 32.2. The summed E-state index contributed by atoms with van der Waals surface area (Å²) < 4.78 is 45.7. The van der Waals surface area contributed by atoms with Crippen LogP contribution in [0, 0.1) is 5.92 Å². The second-order valence-electron chi connectivity index (χ2n) is 10.4. The number of esters is 1. The summed E-state index contributed by atoms with van der Waals surface area (Å²) in [6.07, 6.45) is 4.51. The molecule has 36 heavy (non-hydrogen) atoms. The molecule has 2 unspecified atom stereocenters. The smallest absolute Gasteiger partial charge is 0.416 e. The third-order valence-electron chi connectivity index (χ3n) is 8.16. The zero-order valence-electron chi connectivity index (χ0n) is 20.6. The summed E-state index contributed by atoms with van der Waals surface area (Å²) >= 11 is 2.02. The fourth-order valence-electron chi connectivity index (χ4n) is 6.22. The molecule has 1 aromatic rings. The van der Waals surface area contributed by atoms with E-state index in [0.29, 0.717) is 48.4 Å². The van der Waals surface area contributed by atoms with Crippen LogP contribution in [0.5, 0.6) is 0 Å². The topological polar surface area (TPSA) is 46.6 Å². The van der Waals surface area contributed by atoms with E-state index in [2.05, 4.69) is 6.08 Å². The number of hydrogen-bond acceptors (Lipinski definition) is 4. The molecular formula is C28H32F3NO3S. The maximum absolute atomic E-state index is 13.8. The van der Waals surface area contributed by atoms with Gasteiger partial charge in [-0.1, -0.05) is 17.7 Å². The zero-order chi connectivity index (χ0) is 25.5. The van der Waals surface area contributed by atoms with E-state index in [1.165, 1.54) is 36.0 Å². The second-order valence-corrected chi connectivity index (χ2v) is 11.6. The average Bonchev–Trinajstić information content (AvgIpc) is 3.10. The van der Waals surface area contributed by atoms with Crippen LogP contribution < -0.4 is 0 Å². The van der Waals surface area contributed by atoms with Gasteiger partial charge >= 0.3 is 12.1 Å². The Hall–Kier alpha value is -2.22. The molecule has 4 aliphatic rings. The minimum absolute atomic E-state index is 0.0997. The summed E-state index contributed by atoms with van der Waals surface area (Å²) in [7, 11) is 0. The third kappa shape index (κ3) is 4.85. The summed E-state index contributed by atoms with van der Waals surface area (Å²) in [6.45, 7) is 2.15. The number of hydrogen-bond donors (Lipinski definition) is 0. The largest absolute Gasteiger partial charge is 0.451 e. The molecule has 3 aliphatic heterocycles. The van der Waals surface area contributed by atoms with E-state index in [0.717, 1.165) is 37.0 Å². The van der Waals surface area contributed by atoms with Gasteiger partial charge in [-0.2, -0.15) is 24.9 Å². The van der Waals surface area contributed by atoms with Gasteiger partial charge in [0.25, 0.3) is 5.91 Å². The first-order valence-corrected chi connectivity index (χ1v) is 14.0. The van der Waals surface area contributed by atoms with E-state index in [1.54, 1.807) is 11.8 Å². The third-order valence-corrected chi connectivity index (χ3v) is 9.37. The van der Waals surface area contributed by atoms with Crippen molar-refractivity contribution < 1.29 is 27.5 Å². The maximum atomic E-state index is 13.8. The second kappa shape index (κ2) is 9.92. The van der Waals surface area contributed by atoms with E-state index >= 15 is 0 Å². The molecule has 0 saturated carbocycles. The Kier molecular flexibility index (Phi) is 7.01. The first-order valence-electron chi connectivity index (χ1n) is 12.9. The number of halogens is 3. The number of ether oxygens (including phenoxy) is 1. The molecule has 1 fully saturated rings. The number of thioether (sulfide) groups is 1. The first kappa shape index (κ1) is 25.4. The van der Waals surface area contributed by atoms with Crippen molar-refractivity contribution in [2.24, 2.45) is 5.92 Å². The fraction of sp³-hybridized carbons (Fsp3) is 0.571. The molecule has 1 aromatic carbocycles. The lowest BCUT2D eigenvalue weighted by Crippen LogP contribution is -2.44. The lowest BCUT2D eigenvalue weighted by atomic mass is 9.78. The molecule has 1 aliphatic carbocycles. The molecule has 3 heterocycles. The molecule has 2 atom stereocenters. The number of nitrogens with zero attached hydrogens (tertiary/aromatic N) is 1. The molecule has 0 aromatic heterocycles. The predicted molar refractivity (Wildman–Crippen MR) is 133 cm³/mol. The molecule has 0 N–H and O–H groups in total. The molecule has 1 spiro atoms. The molecule has 1 amide bonds. The Morgan fingerprint density at radius 3 is 2.75 bits per heavy atom. The number of carbonyl (C=O) groups excluding carboxylic acids is 2. The molecular weight excluding hydrogens is 487 g/mol. The highest BCUT2D eigenvalue weighted by Crippen LogP contribution is 2.44. The van der Waals surface area contributed by atoms with Crippen molar-refractivity contribution in [3.8, 4) is 0 Å². The predicted octanol–water partition coefficient (Wildman–Crippen LogP) is 6.24. The first-order chi connectivity index (χ1) is 17.2. The molecule has 8 heteroatoms. The SMILES string of the molecule is CC1=C(C(=O)N2CCc3ccc(C(F)(F)F)cc3C2)C2(CCC=C(C3CCCSC3)CCC2)OC1=O. The quantitative estimate of drug-likeness (QED) is 0.343. The van der Waals surface area contributed by atoms with Gasteiger partial charge in [-0.25, -0.2) is 4.79 Å². The number of fused-ring (bicyclic) bond motifs is 1. The van der Waals surface area contributed by atoms with Crippen molar-refractivity contribution >= 4 is 23.6 Å². The van der Waals surface area contributed by atoms with Gasteiger partial charge in [0.05, 0.1) is 11.1 Å². The van der Waals surface area contributed by atoms with E-state index in [9.17, 15) is 22.8 Å². The Morgan fingerprint density at radius 1 is 1.17 bits per heavy atom. The van der Waals surface area contributed by atoms with E-state index < -0.39 is 23.3 Å². The van der Waals surface area contributed by atoms with E-state index in [4.69, 9.17) is 4.74 Å². The Balaban J connectivity index is 1.37. The molecule has 194 valence electrons. The standard InChI is InChI=1S/C28H32F3NO3S/c1-18-24(25(33)32-13-10-20-8-9-23(28(29,30)31)15-22(20)16-32)27(35-26(18)34)11-2-5-19(6-3-12-27)21-7-4-14-36-17-21/h5,8-9,15,21H,2-4,6-7,10-14,16-17H2,1H3. The van der Waals surface area contributed by atoms with Gasteiger partial charge < -0.3 is 9.64 Å². The van der Waals surface area contributed by atoms with Crippen molar-refractivity contribution in [1.29, 1.82) is 0 Å².